The number of nitrogens with zero attached hydrogens (tertiary/aromatic N) is 4. The second-order valence-electron chi connectivity index (χ2n) is 4.91. The predicted octanol–water partition coefficient (Wildman–Crippen LogP) is 3.67. The van der Waals surface area contributed by atoms with Crippen molar-refractivity contribution in [2.75, 3.05) is 5.32 Å². The largest absolute Gasteiger partial charge is 0.338 e. The fourth-order valence-corrected chi connectivity index (χ4v) is 2.50. The van der Waals surface area contributed by atoms with E-state index < -0.39 is 0 Å². The second kappa shape index (κ2) is 4.56. The van der Waals surface area contributed by atoms with E-state index in [-0.39, 0.29) is 0 Å². The van der Waals surface area contributed by atoms with Gasteiger partial charge in [-0.1, -0.05) is 15.9 Å². The molecule has 0 unspecified atom stereocenters. The maximum absolute atomic E-state index is 4.46. The fraction of sp³-hybridized carbons (Fsp3) is 0.214. The van der Waals surface area contributed by atoms with Crippen molar-refractivity contribution in [1.82, 2.24) is 19.5 Å². The molecule has 0 aliphatic heterocycles. The number of imidazole rings is 1. The average Bonchev–Trinajstić information content (AvgIpc) is 3.21. The number of aromatic nitrogens is 4. The second-order valence-corrected chi connectivity index (χ2v) is 5.83. The van der Waals surface area contributed by atoms with Crippen LogP contribution in [0.4, 0.5) is 11.5 Å². The number of hydrogen-bond acceptors (Lipinski definition) is 4. The van der Waals surface area contributed by atoms with Crippen molar-refractivity contribution < 1.29 is 0 Å². The molecule has 1 fully saturated rings. The predicted molar refractivity (Wildman–Crippen MR) is 81.0 cm³/mol. The summed E-state index contributed by atoms with van der Waals surface area (Å²) in [5, 5.41) is 3.30. The lowest BCUT2D eigenvalue weighted by Gasteiger charge is -2.06. The summed E-state index contributed by atoms with van der Waals surface area (Å²) in [6.07, 6.45) is 5.88. The Bertz CT molecular complexity index is 761. The number of benzene rings is 1. The lowest BCUT2D eigenvalue weighted by Crippen LogP contribution is -1.98. The number of anilines is 2. The van der Waals surface area contributed by atoms with E-state index in [2.05, 4.69) is 40.8 Å². The average molecular weight is 330 g/mol. The van der Waals surface area contributed by atoms with Gasteiger partial charge in [0.25, 0.3) is 0 Å². The van der Waals surface area contributed by atoms with Crippen molar-refractivity contribution in [3.63, 3.8) is 0 Å². The molecule has 0 bridgehead atoms. The highest BCUT2D eigenvalue weighted by Crippen LogP contribution is 2.37. The molecular formula is C14H12BrN5. The molecule has 1 aromatic carbocycles. The zero-order valence-electron chi connectivity index (χ0n) is 10.6. The summed E-state index contributed by atoms with van der Waals surface area (Å²) < 4.78 is 3.19. The minimum Gasteiger partial charge on any atom is -0.338 e. The summed E-state index contributed by atoms with van der Waals surface area (Å²) >= 11 is 3.43. The highest BCUT2D eigenvalue weighted by Gasteiger charge is 2.26. The highest BCUT2D eigenvalue weighted by atomic mass is 79.9. The monoisotopic (exact) mass is 329 g/mol. The summed E-state index contributed by atoms with van der Waals surface area (Å²) in [6.45, 7) is 0. The molecule has 1 aliphatic carbocycles. The third-order valence-corrected chi connectivity index (χ3v) is 3.93. The van der Waals surface area contributed by atoms with Gasteiger partial charge in [-0.2, -0.15) is 0 Å². The molecular weight excluding hydrogens is 318 g/mol. The van der Waals surface area contributed by atoms with Crippen LogP contribution in [0, 0.1) is 0 Å². The Morgan fingerprint density at radius 1 is 1.10 bits per heavy atom. The van der Waals surface area contributed by atoms with Crippen LogP contribution < -0.4 is 5.32 Å². The van der Waals surface area contributed by atoms with Crippen LogP contribution in [0.15, 0.2) is 41.4 Å². The van der Waals surface area contributed by atoms with Crippen LogP contribution in [0.25, 0.3) is 11.2 Å². The van der Waals surface area contributed by atoms with Crippen molar-refractivity contribution in [3.8, 4) is 0 Å². The van der Waals surface area contributed by atoms with Gasteiger partial charge in [-0.15, -0.1) is 0 Å². The van der Waals surface area contributed by atoms with Gasteiger partial charge in [0.05, 0.1) is 6.33 Å². The quantitative estimate of drug-likeness (QED) is 0.796. The number of halogens is 1. The molecule has 3 aromatic rings. The smallest absolute Gasteiger partial charge is 0.165 e. The van der Waals surface area contributed by atoms with Gasteiger partial charge in [0.1, 0.15) is 6.33 Å². The first-order valence-corrected chi connectivity index (χ1v) is 7.31. The van der Waals surface area contributed by atoms with Crippen molar-refractivity contribution >= 4 is 38.6 Å². The summed E-state index contributed by atoms with van der Waals surface area (Å²) in [6, 6.07) is 8.54. The molecule has 0 amide bonds. The van der Waals surface area contributed by atoms with Gasteiger partial charge < -0.3 is 9.88 Å². The van der Waals surface area contributed by atoms with Crippen LogP contribution in [0.2, 0.25) is 0 Å². The molecule has 2 heterocycles. The molecule has 0 radical (unpaired) electrons. The molecule has 20 heavy (non-hydrogen) atoms. The van der Waals surface area contributed by atoms with Gasteiger partial charge in [0, 0.05) is 16.2 Å². The lowest BCUT2D eigenvalue weighted by molar-refractivity contribution is 0.756. The standard InChI is InChI=1S/C14H12BrN5/c15-9-1-3-10(4-2-9)19-13-12-14(17-7-16-13)20(8-18-12)11-5-6-11/h1-4,7-8,11H,5-6H2,(H,16,17,19). The van der Waals surface area contributed by atoms with Crippen molar-refractivity contribution in [2.24, 2.45) is 0 Å². The Morgan fingerprint density at radius 3 is 2.65 bits per heavy atom. The Balaban J connectivity index is 1.74. The van der Waals surface area contributed by atoms with E-state index in [9.17, 15) is 0 Å². The van der Waals surface area contributed by atoms with Gasteiger partial charge >= 0.3 is 0 Å². The van der Waals surface area contributed by atoms with Gasteiger partial charge in [-0.25, -0.2) is 15.0 Å². The van der Waals surface area contributed by atoms with Gasteiger partial charge in [-0.05, 0) is 37.1 Å². The number of fused-ring (bicyclic) bond motifs is 1. The molecule has 6 heteroatoms. The van der Waals surface area contributed by atoms with Crippen LogP contribution in [-0.2, 0) is 0 Å². The minimum atomic E-state index is 0.565. The Morgan fingerprint density at radius 2 is 1.90 bits per heavy atom. The third kappa shape index (κ3) is 2.06. The molecule has 1 saturated carbocycles. The molecule has 4 rings (SSSR count). The van der Waals surface area contributed by atoms with Crippen molar-refractivity contribution in [2.45, 2.75) is 18.9 Å². The van der Waals surface area contributed by atoms with E-state index in [4.69, 9.17) is 0 Å². The Hall–Kier alpha value is -1.95. The molecule has 0 saturated heterocycles. The maximum Gasteiger partial charge on any atom is 0.165 e. The highest BCUT2D eigenvalue weighted by molar-refractivity contribution is 9.10. The summed E-state index contributed by atoms with van der Waals surface area (Å²) in [5.41, 5.74) is 2.71. The first-order chi connectivity index (χ1) is 9.81. The van der Waals surface area contributed by atoms with Gasteiger partial charge in [0.2, 0.25) is 0 Å². The molecule has 0 spiro atoms. The van der Waals surface area contributed by atoms with Crippen LogP contribution in [0.1, 0.15) is 18.9 Å². The molecule has 1 aliphatic rings. The first kappa shape index (κ1) is 11.8. The van der Waals surface area contributed by atoms with E-state index in [1.165, 1.54) is 12.8 Å². The SMILES string of the molecule is Brc1ccc(Nc2ncnc3c2ncn3C2CC2)cc1. The number of hydrogen-bond donors (Lipinski definition) is 1. The summed E-state index contributed by atoms with van der Waals surface area (Å²) in [5.74, 6) is 0.747. The zero-order valence-corrected chi connectivity index (χ0v) is 12.2. The molecule has 5 nitrogen and oxygen atoms in total. The van der Waals surface area contributed by atoms with Gasteiger partial charge in [0.15, 0.2) is 17.0 Å². The van der Waals surface area contributed by atoms with Crippen LogP contribution >= 0.6 is 15.9 Å². The van der Waals surface area contributed by atoms with E-state index >= 15 is 0 Å². The molecule has 0 atom stereocenters. The van der Waals surface area contributed by atoms with Crippen LogP contribution in [0.3, 0.4) is 0 Å². The van der Waals surface area contributed by atoms with E-state index in [0.29, 0.717) is 6.04 Å². The minimum absolute atomic E-state index is 0.565. The topological polar surface area (TPSA) is 55.6 Å². The zero-order chi connectivity index (χ0) is 13.5. The molecule has 100 valence electrons. The molecule has 2 aromatic heterocycles. The van der Waals surface area contributed by atoms with E-state index in [0.717, 1.165) is 27.1 Å². The van der Waals surface area contributed by atoms with Crippen molar-refractivity contribution in [1.29, 1.82) is 0 Å². The summed E-state index contributed by atoms with van der Waals surface area (Å²) in [4.78, 5) is 13.1. The lowest BCUT2D eigenvalue weighted by atomic mass is 10.3. The van der Waals surface area contributed by atoms with Crippen LogP contribution in [-0.4, -0.2) is 19.5 Å². The van der Waals surface area contributed by atoms with Gasteiger partial charge in [-0.3, -0.25) is 0 Å². The maximum atomic E-state index is 4.46. The Labute approximate surface area is 124 Å². The van der Waals surface area contributed by atoms with Crippen LogP contribution in [0.5, 0.6) is 0 Å². The summed E-state index contributed by atoms with van der Waals surface area (Å²) in [7, 11) is 0. The first-order valence-electron chi connectivity index (χ1n) is 6.51. The normalized spacial score (nSPS) is 14.7. The van der Waals surface area contributed by atoms with E-state index in [1.807, 2.05) is 30.6 Å². The number of nitrogens with one attached hydrogen (secondary N) is 1. The Kier molecular flexibility index (Phi) is 2.70. The van der Waals surface area contributed by atoms with E-state index in [1.54, 1.807) is 6.33 Å². The number of rotatable bonds is 3. The third-order valence-electron chi connectivity index (χ3n) is 3.41. The fourth-order valence-electron chi connectivity index (χ4n) is 2.23. The molecule has 1 N–H and O–H groups in total. The van der Waals surface area contributed by atoms with Crippen molar-refractivity contribution in [3.05, 3.63) is 41.4 Å².